The maximum atomic E-state index is 11.4. The van der Waals surface area contributed by atoms with E-state index in [-0.39, 0.29) is 30.0 Å². The van der Waals surface area contributed by atoms with Gasteiger partial charge in [0, 0.05) is 6.54 Å². The first-order valence-electron chi connectivity index (χ1n) is 4.36. The number of halogens is 1. The van der Waals surface area contributed by atoms with E-state index in [1.807, 2.05) is 27.7 Å². The van der Waals surface area contributed by atoms with Gasteiger partial charge in [-0.1, -0.05) is 6.92 Å². The summed E-state index contributed by atoms with van der Waals surface area (Å²) in [6.07, 6.45) is 0. The highest BCUT2D eigenvalue weighted by molar-refractivity contribution is 5.85. The molecule has 78 valence electrons. The minimum Gasteiger partial charge on any atom is -0.459 e. The highest BCUT2D eigenvalue weighted by atomic mass is 35.5. The molecule has 1 heterocycles. The molecule has 2 atom stereocenters. The maximum absolute atomic E-state index is 11.4. The van der Waals surface area contributed by atoms with Crippen molar-refractivity contribution in [2.24, 2.45) is 5.92 Å². The molecule has 0 aromatic rings. The molecule has 0 aromatic heterocycles. The van der Waals surface area contributed by atoms with Crippen LogP contribution in [0, 0.1) is 5.92 Å². The number of hydrogen-bond donors (Lipinski definition) is 1. The molecule has 13 heavy (non-hydrogen) atoms. The van der Waals surface area contributed by atoms with Crippen LogP contribution < -0.4 is 5.32 Å². The van der Waals surface area contributed by atoms with Gasteiger partial charge in [-0.15, -0.1) is 12.4 Å². The molecule has 1 saturated heterocycles. The first-order chi connectivity index (χ1) is 5.40. The Morgan fingerprint density at radius 3 is 2.23 bits per heavy atom. The standard InChI is InChI=1S/C9H17NO2.ClH/c1-6-5-10-7(6)8(11)12-9(2,3)4;/h6-7,10H,5H2,1-4H3;1H. The zero-order chi connectivity index (χ0) is 9.35. The van der Waals surface area contributed by atoms with Crippen LogP contribution in [0.3, 0.4) is 0 Å². The molecule has 0 spiro atoms. The zero-order valence-corrected chi connectivity index (χ0v) is 9.40. The molecule has 0 aromatic carbocycles. The Morgan fingerprint density at radius 2 is 2.00 bits per heavy atom. The fourth-order valence-electron chi connectivity index (χ4n) is 1.15. The second kappa shape index (κ2) is 4.29. The molecule has 1 fully saturated rings. The molecule has 0 amide bonds. The van der Waals surface area contributed by atoms with Gasteiger partial charge in [0.25, 0.3) is 0 Å². The molecule has 2 unspecified atom stereocenters. The van der Waals surface area contributed by atoms with Crippen LogP contribution in [0.2, 0.25) is 0 Å². The third-order valence-electron chi connectivity index (χ3n) is 1.89. The summed E-state index contributed by atoms with van der Waals surface area (Å²) >= 11 is 0. The predicted octanol–water partition coefficient (Wildman–Crippen LogP) is 1.36. The van der Waals surface area contributed by atoms with Gasteiger partial charge in [0.05, 0.1) is 0 Å². The fraction of sp³-hybridized carbons (Fsp3) is 0.889. The van der Waals surface area contributed by atoms with E-state index in [1.54, 1.807) is 0 Å². The monoisotopic (exact) mass is 207 g/mol. The smallest absolute Gasteiger partial charge is 0.323 e. The summed E-state index contributed by atoms with van der Waals surface area (Å²) in [6.45, 7) is 8.62. The van der Waals surface area contributed by atoms with Crippen molar-refractivity contribution in [3.63, 3.8) is 0 Å². The minimum absolute atomic E-state index is 0. The molecule has 4 heteroatoms. The van der Waals surface area contributed by atoms with Crippen molar-refractivity contribution in [3.8, 4) is 0 Å². The summed E-state index contributed by atoms with van der Waals surface area (Å²) in [7, 11) is 0. The van der Waals surface area contributed by atoms with Crippen molar-refractivity contribution in [3.05, 3.63) is 0 Å². The van der Waals surface area contributed by atoms with Crippen molar-refractivity contribution in [2.45, 2.75) is 39.3 Å². The van der Waals surface area contributed by atoms with Gasteiger partial charge in [-0.25, -0.2) is 0 Å². The number of carbonyl (C=O) groups is 1. The molecule has 1 N–H and O–H groups in total. The number of rotatable bonds is 1. The van der Waals surface area contributed by atoms with E-state index in [1.165, 1.54) is 0 Å². The second-order valence-corrected chi connectivity index (χ2v) is 4.40. The average molecular weight is 208 g/mol. The zero-order valence-electron chi connectivity index (χ0n) is 8.59. The summed E-state index contributed by atoms with van der Waals surface area (Å²) in [5.41, 5.74) is -0.367. The first-order valence-corrected chi connectivity index (χ1v) is 4.36. The highest BCUT2D eigenvalue weighted by Crippen LogP contribution is 2.17. The quantitative estimate of drug-likeness (QED) is 0.660. The largest absolute Gasteiger partial charge is 0.459 e. The lowest BCUT2D eigenvalue weighted by molar-refractivity contribution is -0.161. The SMILES string of the molecule is CC1CNC1C(=O)OC(C)(C)C.Cl. The van der Waals surface area contributed by atoms with Crippen LogP contribution in [-0.2, 0) is 9.53 Å². The molecule has 0 bridgehead atoms. The summed E-state index contributed by atoms with van der Waals surface area (Å²) < 4.78 is 5.21. The number of ether oxygens (including phenoxy) is 1. The molecular weight excluding hydrogens is 190 g/mol. The van der Waals surface area contributed by atoms with Gasteiger partial charge in [0.2, 0.25) is 0 Å². The molecule has 3 nitrogen and oxygen atoms in total. The van der Waals surface area contributed by atoms with E-state index >= 15 is 0 Å². The molecule has 0 saturated carbocycles. The van der Waals surface area contributed by atoms with Crippen LogP contribution >= 0.6 is 12.4 Å². The molecular formula is C9H18ClNO2. The summed E-state index contributed by atoms with van der Waals surface area (Å²) in [5, 5.41) is 3.04. The van der Waals surface area contributed by atoms with Crippen LogP contribution in [0.15, 0.2) is 0 Å². The third kappa shape index (κ3) is 3.53. The van der Waals surface area contributed by atoms with E-state index in [0.29, 0.717) is 5.92 Å². The lowest BCUT2D eigenvalue weighted by atomic mass is 9.94. The normalized spacial score (nSPS) is 27.1. The third-order valence-corrected chi connectivity index (χ3v) is 1.89. The highest BCUT2D eigenvalue weighted by Gasteiger charge is 2.35. The number of esters is 1. The van der Waals surface area contributed by atoms with Crippen LogP contribution in [0.1, 0.15) is 27.7 Å². The molecule has 1 aliphatic rings. The van der Waals surface area contributed by atoms with E-state index in [0.717, 1.165) is 6.54 Å². The Labute approximate surface area is 85.6 Å². The Kier molecular flexibility index (Phi) is 4.20. The molecule has 1 rings (SSSR count). The predicted molar refractivity (Wildman–Crippen MR) is 54.0 cm³/mol. The van der Waals surface area contributed by atoms with Gasteiger partial charge in [-0.2, -0.15) is 0 Å². The van der Waals surface area contributed by atoms with Crippen LogP contribution in [0.25, 0.3) is 0 Å². The average Bonchev–Trinajstić information content (AvgIpc) is 1.79. The van der Waals surface area contributed by atoms with Gasteiger partial charge in [-0.05, 0) is 26.7 Å². The van der Waals surface area contributed by atoms with E-state index in [4.69, 9.17) is 4.74 Å². The van der Waals surface area contributed by atoms with Crippen LogP contribution in [0.5, 0.6) is 0 Å². The van der Waals surface area contributed by atoms with Crippen LogP contribution in [-0.4, -0.2) is 24.2 Å². The lowest BCUT2D eigenvalue weighted by Crippen LogP contribution is -2.57. The van der Waals surface area contributed by atoms with Gasteiger partial charge in [0.15, 0.2) is 0 Å². The molecule has 0 radical (unpaired) electrons. The first kappa shape index (κ1) is 12.7. The fourth-order valence-corrected chi connectivity index (χ4v) is 1.15. The Bertz CT molecular complexity index is 189. The van der Waals surface area contributed by atoms with Gasteiger partial charge in [0.1, 0.15) is 11.6 Å². The van der Waals surface area contributed by atoms with E-state index in [2.05, 4.69) is 5.32 Å². The van der Waals surface area contributed by atoms with Gasteiger partial charge in [-0.3, -0.25) is 4.79 Å². The van der Waals surface area contributed by atoms with Crippen molar-refractivity contribution >= 4 is 18.4 Å². The second-order valence-electron chi connectivity index (χ2n) is 4.40. The number of nitrogens with one attached hydrogen (secondary N) is 1. The van der Waals surface area contributed by atoms with Crippen molar-refractivity contribution in [1.82, 2.24) is 5.32 Å². The topological polar surface area (TPSA) is 38.3 Å². The van der Waals surface area contributed by atoms with Gasteiger partial charge < -0.3 is 10.1 Å². The van der Waals surface area contributed by atoms with Crippen LogP contribution in [0.4, 0.5) is 0 Å². The summed E-state index contributed by atoms with van der Waals surface area (Å²) in [5.74, 6) is 0.293. The van der Waals surface area contributed by atoms with Crippen molar-refractivity contribution in [1.29, 1.82) is 0 Å². The number of hydrogen-bond acceptors (Lipinski definition) is 3. The van der Waals surface area contributed by atoms with Crippen molar-refractivity contribution in [2.75, 3.05) is 6.54 Å². The Hall–Kier alpha value is -0.280. The van der Waals surface area contributed by atoms with Gasteiger partial charge >= 0.3 is 5.97 Å². The lowest BCUT2D eigenvalue weighted by Gasteiger charge is -2.35. The Balaban J connectivity index is 0.00000144. The summed E-state index contributed by atoms with van der Waals surface area (Å²) in [4.78, 5) is 11.4. The summed E-state index contributed by atoms with van der Waals surface area (Å²) in [6, 6.07) is -0.0794. The maximum Gasteiger partial charge on any atom is 0.323 e. The molecule has 1 aliphatic heterocycles. The molecule has 0 aliphatic carbocycles. The Morgan fingerprint density at radius 1 is 1.46 bits per heavy atom. The minimum atomic E-state index is -0.367. The van der Waals surface area contributed by atoms with E-state index < -0.39 is 0 Å². The number of carbonyl (C=O) groups excluding carboxylic acids is 1. The van der Waals surface area contributed by atoms with Crippen molar-refractivity contribution < 1.29 is 9.53 Å². The van der Waals surface area contributed by atoms with E-state index in [9.17, 15) is 4.79 Å².